The zero-order valence-electron chi connectivity index (χ0n) is 9.26. The van der Waals surface area contributed by atoms with Gasteiger partial charge in [0.15, 0.2) is 6.10 Å². The zero-order valence-corrected chi connectivity index (χ0v) is 9.26. The normalized spacial score (nSPS) is 20.1. The number of aliphatic hydroxyl groups is 3. The Morgan fingerprint density at radius 1 is 1.47 bits per heavy atom. The van der Waals surface area contributed by atoms with Crippen molar-refractivity contribution in [1.29, 1.82) is 0 Å². The number of aliphatic hydroxyl groups excluding tert-OH is 3. The summed E-state index contributed by atoms with van der Waals surface area (Å²) < 4.78 is 4.87. The molecule has 0 heterocycles. The Balaban J connectivity index is 4.75. The van der Waals surface area contributed by atoms with Gasteiger partial charge in [0.2, 0.25) is 0 Å². The Bertz CT molecular complexity index is 260. The summed E-state index contributed by atoms with van der Waals surface area (Å²) in [7, 11) is 0. The summed E-state index contributed by atoms with van der Waals surface area (Å²) in [4.78, 5) is 21.1. The van der Waals surface area contributed by atoms with E-state index in [0.29, 0.717) is 0 Å². The first-order chi connectivity index (χ1) is 7.84. The fraction of sp³-hybridized carbons (Fsp3) is 0.778. The Hall–Kier alpha value is -1.06. The average molecular weight is 251 g/mol. The van der Waals surface area contributed by atoms with E-state index in [1.807, 2.05) is 0 Å². The standard InChI is InChI=1S/C9H17NO7/c1-4(9(15)16)17-8(5(10)2-11)7(14)6(13)3-12/h2,4-8,12-14H,3,10H2,1H3,(H,15,16)/t4-,5+,6+,7-,8+/m0/s1. The van der Waals surface area contributed by atoms with Crippen LogP contribution in [0.15, 0.2) is 0 Å². The monoisotopic (exact) mass is 251 g/mol. The third-order valence-corrected chi connectivity index (χ3v) is 2.16. The van der Waals surface area contributed by atoms with Crippen LogP contribution in [0, 0.1) is 0 Å². The molecule has 0 saturated carbocycles. The molecule has 0 bridgehead atoms. The lowest BCUT2D eigenvalue weighted by atomic mass is 10.0. The van der Waals surface area contributed by atoms with Gasteiger partial charge < -0.3 is 35.7 Å². The number of carboxylic acids is 1. The van der Waals surface area contributed by atoms with E-state index in [-0.39, 0.29) is 6.29 Å². The third-order valence-electron chi connectivity index (χ3n) is 2.16. The molecule has 5 atom stereocenters. The second-order valence-electron chi connectivity index (χ2n) is 3.54. The van der Waals surface area contributed by atoms with E-state index >= 15 is 0 Å². The molecule has 0 fully saturated rings. The lowest BCUT2D eigenvalue weighted by Gasteiger charge is -2.29. The molecule has 0 aliphatic heterocycles. The fourth-order valence-electron chi connectivity index (χ4n) is 1.10. The maximum Gasteiger partial charge on any atom is 0.332 e. The van der Waals surface area contributed by atoms with Gasteiger partial charge in [0.05, 0.1) is 12.6 Å². The summed E-state index contributed by atoms with van der Waals surface area (Å²) in [5.41, 5.74) is 5.32. The van der Waals surface area contributed by atoms with Crippen molar-refractivity contribution in [2.24, 2.45) is 5.73 Å². The number of rotatable bonds is 8. The Kier molecular flexibility index (Phi) is 6.85. The molecule has 0 aliphatic rings. The Morgan fingerprint density at radius 3 is 2.35 bits per heavy atom. The van der Waals surface area contributed by atoms with Crippen molar-refractivity contribution in [2.75, 3.05) is 6.61 Å². The molecule has 0 aromatic heterocycles. The molecule has 0 unspecified atom stereocenters. The second kappa shape index (κ2) is 7.30. The van der Waals surface area contributed by atoms with Gasteiger partial charge in [-0.05, 0) is 6.92 Å². The lowest BCUT2D eigenvalue weighted by Crippen LogP contribution is -2.53. The van der Waals surface area contributed by atoms with Crippen LogP contribution in [-0.2, 0) is 14.3 Å². The van der Waals surface area contributed by atoms with E-state index in [2.05, 4.69) is 0 Å². The number of carbonyl (C=O) groups is 2. The van der Waals surface area contributed by atoms with Crippen molar-refractivity contribution in [1.82, 2.24) is 0 Å². The molecule has 0 aromatic rings. The molecule has 6 N–H and O–H groups in total. The summed E-state index contributed by atoms with van der Waals surface area (Å²) in [5, 5.41) is 36.0. The van der Waals surface area contributed by atoms with Gasteiger partial charge in [0.1, 0.15) is 24.6 Å². The predicted octanol–water partition coefficient (Wildman–Crippen LogP) is -2.91. The van der Waals surface area contributed by atoms with Gasteiger partial charge in [0.25, 0.3) is 0 Å². The third kappa shape index (κ3) is 4.75. The number of ether oxygens (including phenoxy) is 1. The van der Waals surface area contributed by atoms with Crippen LogP contribution >= 0.6 is 0 Å². The quantitative estimate of drug-likeness (QED) is 0.288. The van der Waals surface area contributed by atoms with Crippen LogP contribution in [0.1, 0.15) is 6.92 Å². The first-order valence-electron chi connectivity index (χ1n) is 4.91. The Morgan fingerprint density at radius 2 is 2.00 bits per heavy atom. The number of aliphatic carboxylic acids is 1. The molecular formula is C9H17NO7. The molecule has 0 aliphatic carbocycles. The molecule has 100 valence electrons. The maximum absolute atomic E-state index is 10.6. The molecule has 0 spiro atoms. The van der Waals surface area contributed by atoms with Gasteiger partial charge in [-0.1, -0.05) is 0 Å². The van der Waals surface area contributed by atoms with Crippen LogP contribution < -0.4 is 5.73 Å². The van der Waals surface area contributed by atoms with Crippen molar-refractivity contribution in [3.05, 3.63) is 0 Å². The number of hydrogen-bond acceptors (Lipinski definition) is 7. The summed E-state index contributed by atoms with van der Waals surface area (Å²) in [6, 6.07) is -1.31. The van der Waals surface area contributed by atoms with E-state index < -0.39 is 43.0 Å². The molecule has 8 heteroatoms. The minimum absolute atomic E-state index is 0.256. The number of hydrogen-bond donors (Lipinski definition) is 5. The van der Waals surface area contributed by atoms with Gasteiger partial charge in [-0.3, -0.25) is 0 Å². The average Bonchev–Trinajstić information content (AvgIpc) is 2.32. The smallest absolute Gasteiger partial charge is 0.332 e. The van der Waals surface area contributed by atoms with Crippen LogP contribution in [-0.4, -0.2) is 69.7 Å². The van der Waals surface area contributed by atoms with E-state index in [1.54, 1.807) is 0 Å². The van der Waals surface area contributed by atoms with Gasteiger partial charge in [-0.15, -0.1) is 0 Å². The van der Waals surface area contributed by atoms with Crippen molar-refractivity contribution in [2.45, 2.75) is 37.4 Å². The van der Waals surface area contributed by atoms with Gasteiger partial charge in [-0.25, -0.2) is 4.79 Å². The Labute approximate surface area is 97.6 Å². The summed E-state index contributed by atoms with van der Waals surface area (Å²) >= 11 is 0. The number of carboxylic acid groups (broad SMARTS) is 1. The predicted molar refractivity (Wildman–Crippen MR) is 55.1 cm³/mol. The van der Waals surface area contributed by atoms with Crippen molar-refractivity contribution in [3.63, 3.8) is 0 Å². The number of nitrogens with two attached hydrogens (primary N) is 1. The zero-order chi connectivity index (χ0) is 13.6. The number of aldehydes is 1. The van der Waals surface area contributed by atoms with Crippen LogP contribution in [0.2, 0.25) is 0 Å². The molecule has 0 radical (unpaired) electrons. The summed E-state index contributed by atoms with van der Waals surface area (Å²) in [6.07, 6.45) is -5.71. The highest BCUT2D eigenvalue weighted by atomic mass is 16.5. The maximum atomic E-state index is 10.6. The largest absolute Gasteiger partial charge is 0.479 e. The fourth-order valence-corrected chi connectivity index (χ4v) is 1.10. The second-order valence-corrected chi connectivity index (χ2v) is 3.54. The van der Waals surface area contributed by atoms with Gasteiger partial charge in [0, 0.05) is 0 Å². The molecular weight excluding hydrogens is 234 g/mol. The van der Waals surface area contributed by atoms with Crippen LogP contribution in [0.3, 0.4) is 0 Å². The van der Waals surface area contributed by atoms with E-state index in [4.69, 9.17) is 20.7 Å². The van der Waals surface area contributed by atoms with E-state index in [9.17, 15) is 19.8 Å². The molecule has 8 nitrogen and oxygen atoms in total. The molecule has 0 amide bonds. The highest BCUT2D eigenvalue weighted by molar-refractivity contribution is 5.71. The van der Waals surface area contributed by atoms with E-state index in [0.717, 1.165) is 0 Å². The van der Waals surface area contributed by atoms with E-state index in [1.165, 1.54) is 6.92 Å². The highest BCUT2D eigenvalue weighted by Gasteiger charge is 2.34. The lowest BCUT2D eigenvalue weighted by molar-refractivity contribution is -0.166. The summed E-state index contributed by atoms with van der Waals surface area (Å²) in [5.74, 6) is -1.31. The number of carbonyl (C=O) groups excluding carboxylic acids is 1. The summed E-state index contributed by atoms with van der Waals surface area (Å²) in [6.45, 7) is 0.416. The SMILES string of the molecule is C[C@H](O[C@@H]([C@@H](O)[C@H](O)CO)[C@H](N)C=O)C(=O)O. The molecule has 17 heavy (non-hydrogen) atoms. The van der Waals surface area contributed by atoms with Crippen LogP contribution in [0.4, 0.5) is 0 Å². The van der Waals surface area contributed by atoms with Crippen molar-refractivity contribution < 1.29 is 34.8 Å². The van der Waals surface area contributed by atoms with Crippen molar-refractivity contribution in [3.8, 4) is 0 Å². The molecule has 0 saturated heterocycles. The topological polar surface area (TPSA) is 150 Å². The highest BCUT2D eigenvalue weighted by Crippen LogP contribution is 2.10. The first-order valence-corrected chi connectivity index (χ1v) is 4.91. The minimum Gasteiger partial charge on any atom is -0.479 e. The van der Waals surface area contributed by atoms with Crippen LogP contribution in [0.5, 0.6) is 0 Å². The minimum atomic E-state index is -1.66. The molecule has 0 aromatic carbocycles. The van der Waals surface area contributed by atoms with Gasteiger partial charge >= 0.3 is 5.97 Å². The van der Waals surface area contributed by atoms with Gasteiger partial charge in [-0.2, -0.15) is 0 Å². The molecule has 0 rings (SSSR count). The first kappa shape index (κ1) is 15.9. The van der Waals surface area contributed by atoms with Crippen molar-refractivity contribution >= 4 is 12.3 Å². The van der Waals surface area contributed by atoms with Crippen LogP contribution in [0.25, 0.3) is 0 Å².